The lowest BCUT2D eigenvalue weighted by Crippen LogP contribution is -2.25. The van der Waals surface area contributed by atoms with Gasteiger partial charge < -0.3 is 4.52 Å². The predicted octanol–water partition coefficient (Wildman–Crippen LogP) is 2.75. The molecule has 2 rings (SSSR count). The van der Waals surface area contributed by atoms with Crippen LogP contribution in [0, 0.1) is 12.8 Å². The summed E-state index contributed by atoms with van der Waals surface area (Å²) in [4.78, 5) is 4.08. The Labute approximate surface area is 86.9 Å². The first-order chi connectivity index (χ1) is 7.05. The van der Waals surface area contributed by atoms with Crippen LogP contribution in [0.5, 0.6) is 0 Å². The third kappa shape index (κ3) is 2.73. The third-order valence-corrected chi connectivity index (χ3v) is 2.88. The number of alkyl halides is 2. The van der Waals surface area contributed by atoms with Crippen LogP contribution in [0.15, 0.2) is 4.52 Å². The van der Waals surface area contributed by atoms with E-state index in [1.165, 1.54) is 0 Å². The fraction of sp³-hybridized carbons (Fsp3) is 0.800. The van der Waals surface area contributed by atoms with Crippen molar-refractivity contribution < 1.29 is 13.3 Å². The number of nitrogens with zero attached hydrogens (tertiary/aromatic N) is 2. The number of aromatic nitrogens is 2. The molecule has 0 aliphatic heterocycles. The number of aryl methyl sites for hydroxylation is 1. The summed E-state index contributed by atoms with van der Waals surface area (Å²) in [5.74, 6) is -1.00. The number of halogens is 2. The third-order valence-electron chi connectivity index (χ3n) is 2.88. The Kier molecular flexibility index (Phi) is 2.71. The van der Waals surface area contributed by atoms with Crippen molar-refractivity contribution in [2.45, 2.75) is 45.0 Å². The maximum Gasteiger partial charge on any atom is 0.248 e. The molecule has 1 aromatic heterocycles. The van der Waals surface area contributed by atoms with E-state index in [2.05, 4.69) is 10.1 Å². The summed E-state index contributed by atoms with van der Waals surface area (Å²) >= 11 is 0. The van der Waals surface area contributed by atoms with Gasteiger partial charge in [-0.25, -0.2) is 8.78 Å². The van der Waals surface area contributed by atoms with Crippen molar-refractivity contribution in [1.82, 2.24) is 10.1 Å². The van der Waals surface area contributed by atoms with Gasteiger partial charge in [-0.3, -0.25) is 0 Å². The Balaban J connectivity index is 1.87. The van der Waals surface area contributed by atoms with E-state index >= 15 is 0 Å². The average molecular weight is 216 g/mol. The molecule has 1 aromatic rings. The van der Waals surface area contributed by atoms with E-state index in [-0.39, 0.29) is 18.8 Å². The van der Waals surface area contributed by atoms with Gasteiger partial charge in [0.15, 0.2) is 5.82 Å². The Morgan fingerprint density at radius 3 is 2.60 bits per heavy atom. The Morgan fingerprint density at radius 2 is 2.07 bits per heavy atom. The molecule has 0 atom stereocenters. The second-order valence-corrected chi connectivity index (χ2v) is 4.23. The average Bonchev–Trinajstić information content (AvgIpc) is 2.55. The molecule has 1 heterocycles. The Bertz CT molecular complexity index is 328. The van der Waals surface area contributed by atoms with Crippen LogP contribution in [0.2, 0.25) is 0 Å². The quantitative estimate of drug-likeness (QED) is 0.763. The summed E-state index contributed by atoms with van der Waals surface area (Å²) in [5, 5.41) is 3.77. The van der Waals surface area contributed by atoms with Crippen molar-refractivity contribution >= 4 is 0 Å². The van der Waals surface area contributed by atoms with Crippen LogP contribution >= 0.6 is 0 Å². The first-order valence-electron chi connectivity index (χ1n) is 5.22. The summed E-state index contributed by atoms with van der Waals surface area (Å²) in [6, 6.07) is 0. The van der Waals surface area contributed by atoms with Crippen molar-refractivity contribution in [3.63, 3.8) is 0 Å². The first kappa shape index (κ1) is 10.5. The molecule has 15 heavy (non-hydrogen) atoms. The predicted molar refractivity (Wildman–Crippen MR) is 49.6 cm³/mol. The minimum atomic E-state index is -2.45. The zero-order valence-electron chi connectivity index (χ0n) is 8.67. The van der Waals surface area contributed by atoms with E-state index in [1.54, 1.807) is 6.92 Å². The molecule has 0 aromatic carbocycles. The van der Waals surface area contributed by atoms with Gasteiger partial charge in [0.2, 0.25) is 11.8 Å². The topological polar surface area (TPSA) is 38.9 Å². The summed E-state index contributed by atoms with van der Waals surface area (Å²) in [6.07, 6.45) is 1.76. The monoisotopic (exact) mass is 216 g/mol. The molecular weight excluding hydrogens is 202 g/mol. The minimum Gasteiger partial charge on any atom is -0.340 e. The fourth-order valence-electron chi connectivity index (χ4n) is 1.99. The summed E-state index contributed by atoms with van der Waals surface area (Å²) in [5.41, 5.74) is 0. The van der Waals surface area contributed by atoms with Crippen molar-refractivity contribution in [3.8, 4) is 0 Å². The maximum atomic E-state index is 12.9. The molecule has 0 saturated heterocycles. The highest BCUT2D eigenvalue weighted by Crippen LogP contribution is 2.37. The largest absolute Gasteiger partial charge is 0.340 e. The highest BCUT2D eigenvalue weighted by atomic mass is 19.3. The van der Waals surface area contributed by atoms with Crippen molar-refractivity contribution in [2.75, 3.05) is 0 Å². The molecule has 0 radical (unpaired) electrons. The van der Waals surface area contributed by atoms with E-state index in [0.29, 0.717) is 31.0 Å². The van der Waals surface area contributed by atoms with E-state index < -0.39 is 5.92 Å². The van der Waals surface area contributed by atoms with Gasteiger partial charge in [0.05, 0.1) is 0 Å². The SMILES string of the molecule is Cc1nc(CC2CCC(F)(F)CC2)no1. The van der Waals surface area contributed by atoms with Gasteiger partial charge in [-0.2, -0.15) is 4.98 Å². The highest BCUT2D eigenvalue weighted by molar-refractivity contribution is 4.89. The van der Waals surface area contributed by atoms with Crippen LogP contribution in [0.1, 0.15) is 37.4 Å². The van der Waals surface area contributed by atoms with Crippen LogP contribution < -0.4 is 0 Å². The van der Waals surface area contributed by atoms with Gasteiger partial charge in [0.25, 0.3) is 0 Å². The molecule has 3 nitrogen and oxygen atoms in total. The zero-order chi connectivity index (χ0) is 10.9. The van der Waals surface area contributed by atoms with Gasteiger partial charge in [0, 0.05) is 26.2 Å². The van der Waals surface area contributed by atoms with Crippen LogP contribution in [-0.2, 0) is 6.42 Å². The maximum absolute atomic E-state index is 12.9. The molecule has 0 bridgehead atoms. The molecule has 1 saturated carbocycles. The zero-order valence-corrected chi connectivity index (χ0v) is 8.67. The molecular formula is C10H14F2N2O. The molecule has 84 valence electrons. The molecule has 1 fully saturated rings. The normalized spacial score (nSPS) is 21.8. The van der Waals surface area contributed by atoms with Crippen molar-refractivity contribution in [3.05, 3.63) is 11.7 Å². The molecule has 0 N–H and O–H groups in total. The molecule has 0 spiro atoms. The van der Waals surface area contributed by atoms with Crippen LogP contribution in [0.25, 0.3) is 0 Å². The second-order valence-electron chi connectivity index (χ2n) is 4.23. The fourth-order valence-corrected chi connectivity index (χ4v) is 1.99. The highest BCUT2D eigenvalue weighted by Gasteiger charge is 2.35. The molecule has 0 unspecified atom stereocenters. The summed E-state index contributed by atoms with van der Waals surface area (Å²) in [7, 11) is 0. The lowest BCUT2D eigenvalue weighted by molar-refractivity contribution is -0.0458. The molecule has 5 heteroatoms. The Hall–Kier alpha value is -1.00. The summed E-state index contributed by atoms with van der Waals surface area (Å²) in [6.45, 7) is 1.73. The molecule has 1 aliphatic rings. The lowest BCUT2D eigenvalue weighted by Gasteiger charge is -2.27. The van der Waals surface area contributed by atoms with Gasteiger partial charge in [-0.15, -0.1) is 0 Å². The second kappa shape index (κ2) is 3.87. The van der Waals surface area contributed by atoms with Gasteiger partial charge in [0.1, 0.15) is 0 Å². The minimum absolute atomic E-state index is 0.00546. The van der Waals surface area contributed by atoms with Crippen molar-refractivity contribution in [2.24, 2.45) is 5.92 Å². The van der Waals surface area contributed by atoms with E-state index in [9.17, 15) is 8.78 Å². The van der Waals surface area contributed by atoms with Crippen LogP contribution in [0.3, 0.4) is 0 Å². The Morgan fingerprint density at radius 1 is 1.40 bits per heavy atom. The number of rotatable bonds is 2. The van der Waals surface area contributed by atoms with E-state index in [1.807, 2.05) is 0 Å². The van der Waals surface area contributed by atoms with Gasteiger partial charge >= 0.3 is 0 Å². The summed E-state index contributed by atoms with van der Waals surface area (Å²) < 4.78 is 30.6. The smallest absolute Gasteiger partial charge is 0.248 e. The van der Waals surface area contributed by atoms with Gasteiger partial charge in [-0.05, 0) is 18.8 Å². The molecule has 1 aliphatic carbocycles. The lowest BCUT2D eigenvalue weighted by atomic mass is 9.85. The van der Waals surface area contributed by atoms with Gasteiger partial charge in [-0.1, -0.05) is 5.16 Å². The van der Waals surface area contributed by atoms with Crippen molar-refractivity contribution in [1.29, 1.82) is 0 Å². The van der Waals surface area contributed by atoms with Crippen LogP contribution in [-0.4, -0.2) is 16.1 Å². The van der Waals surface area contributed by atoms with E-state index in [0.717, 1.165) is 0 Å². The van der Waals surface area contributed by atoms with Crippen LogP contribution in [0.4, 0.5) is 8.78 Å². The van der Waals surface area contributed by atoms with E-state index in [4.69, 9.17) is 4.52 Å². The number of hydrogen-bond acceptors (Lipinski definition) is 3. The molecule has 0 amide bonds. The number of hydrogen-bond donors (Lipinski definition) is 0. The first-order valence-corrected chi connectivity index (χ1v) is 5.22. The standard InChI is InChI=1S/C10H14F2N2O/c1-7-13-9(14-15-7)6-8-2-4-10(11,12)5-3-8/h8H,2-6H2,1H3.